The van der Waals surface area contributed by atoms with Crippen molar-refractivity contribution in [2.75, 3.05) is 0 Å². The Labute approximate surface area is 119 Å². The van der Waals surface area contributed by atoms with E-state index in [-0.39, 0.29) is 0 Å². The van der Waals surface area contributed by atoms with Gasteiger partial charge in [0.05, 0.1) is 0 Å². The summed E-state index contributed by atoms with van der Waals surface area (Å²) in [6.45, 7) is 14.9. The van der Waals surface area contributed by atoms with Crippen molar-refractivity contribution in [1.82, 2.24) is 0 Å². The predicted molar refractivity (Wildman–Crippen MR) is 96.5 cm³/mol. The molecule has 0 aromatic carbocycles. The fourth-order valence-corrected chi connectivity index (χ4v) is 18.8. The number of hydrogen-bond donors (Lipinski definition) is 0. The van der Waals surface area contributed by atoms with E-state index in [0.29, 0.717) is 12.7 Å². The molecule has 0 spiro atoms. The molecule has 0 unspecified atom stereocenters. The Balaban J connectivity index is 4.52. The van der Waals surface area contributed by atoms with Gasteiger partial charge in [0.15, 0.2) is 0 Å². The molecule has 0 amide bonds. The molecule has 0 atom stereocenters. The van der Waals surface area contributed by atoms with Crippen LogP contribution in [0.2, 0.25) is 38.8 Å². The number of hydrogen-bond acceptors (Lipinski definition) is 0. The van der Waals surface area contributed by atoms with Crippen LogP contribution < -0.4 is 0 Å². The minimum atomic E-state index is -4.94. The molecule has 0 aliphatic heterocycles. The second-order valence-electron chi connectivity index (χ2n) is 16.3. The zero-order valence-corrected chi connectivity index (χ0v) is 17.7. The summed E-state index contributed by atoms with van der Waals surface area (Å²) in [6, 6.07) is 0. The van der Waals surface area contributed by atoms with Crippen LogP contribution in [-0.4, -0.2) is 0 Å². The molecule has 0 N–H and O–H groups in total. The fourth-order valence-electron chi connectivity index (χ4n) is 4.81. The molecule has 0 saturated carbocycles. The van der Waals surface area contributed by atoms with Gasteiger partial charge in [-0.3, -0.25) is 0 Å². The van der Waals surface area contributed by atoms with Gasteiger partial charge in [0, 0.05) is 0 Å². The summed E-state index contributed by atoms with van der Waals surface area (Å²) < 4.78 is 3.51. The van der Waals surface area contributed by atoms with Crippen LogP contribution in [0.1, 0.15) is 48.0 Å². The topological polar surface area (TPSA) is 0 Å². The minimum absolute atomic E-state index is 0.598. The van der Waals surface area contributed by atoms with Crippen LogP contribution in [0.3, 0.4) is 0 Å². The van der Waals surface area contributed by atoms with Gasteiger partial charge < -0.3 is 0 Å². The van der Waals surface area contributed by atoms with Crippen molar-refractivity contribution < 1.29 is 10.2 Å². The third kappa shape index (κ3) is 1.06. The normalized spacial score (nSPS) is 27.3. The van der Waals surface area contributed by atoms with Crippen molar-refractivity contribution in [1.29, 1.82) is 0 Å². The first-order valence-electron chi connectivity index (χ1n) is 8.80. The summed E-state index contributed by atoms with van der Waals surface area (Å²) in [7, 11) is -4.94. The summed E-state index contributed by atoms with van der Waals surface area (Å²) in [4.78, 5) is 0. The van der Waals surface area contributed by atoms with Crippen molar-refractivity contribution in [2.24, 2.45) is 0 Å². The molecule has 121 valence electrons. The van der Waals surface area contributed by atoms with E-state index in [1.807, 2.05) is 0 Å². The van der Waals surface area contributed by atoms with Gasteiger partial charge >= 0.3 is 119 Å². The van der Waals surface area contributed by atoms with Gasteiger partial charge in [0.1, 0.15) is 0 Å². The van der Waals surface area contributed by atoms with Crippen LogP contribution >= 0.6 is 0 Å². The molecule has 0 heterocycles. The van der Waals surface area contributed by atoms with E-state index in [0.717, 1.165) is 6.42 Å². The Bertz CT molecular complexity index is 557. The number of allylic oxidation sites excluding steroid dienone is 4. The monoisotopic (exact) mass is 317 g/mol. The SMILES string of the molecule is C[CH](C)[Ti]([CH3])([CH3])([CH3])([CH3])([CH3])([C]1=CC=CC1)([CH](C)C)[CH](C)C. The molecule has 0 saturated heterocycles. The van der Waals surface area contributed by atoms with Crippen LogP contribution in [0.5, 0.6) is 0 Å². The van der Waals surface area contributed by atoms with E-state index in [2.05, 4.69) is 85.9 Å². The van der Waals surface area contributed by atoms with Gasteiger partial charge in [0.25, 0.3) is 0 Å². The molecule has 1 rings (SSSR count). The molecule has 0 radical (unpaired) electrons. The standard InChI is InChI=1S/C5H5.3C3H7.5CH3.Ti/c1-2-4-5-3-1;3*1-3-2;;;;;;/h1-3H,4H2;3*3H,1-2H3;5*1H3;. The Morgan fingerprint density at radius 1 is 0.750 bits per heavy atom. The Kier molecular flexibility index (Phi) is 2.13. The average molecular weight is 317 g/mol. The van der Waals surface area contributed by atoms with E-state index in [1.54, 1.807) is 3.88 Å². The van der Waals surface area contributed by atoms with Crippen molar-refractivity contribution in [3.8, 4) is 0 Å². The van der Waals surface area contributed by atoms with Gasteiger partial charge in [-0.05, 0) is 0 Å². The zero-order chi connectivity index (χ0) is 16.5. The maximum atomic E-state index is 2.73. The molecule has 0 nitrogen and oxygen atoms in total. The Morgan fingerprint density at radius 3 is 1.30 bits per heavy atom. The first-order chi connectivity index (χ1) is 8.22. The maximum absolute atomic E-state index is 4.94. The Hall–Kier alpha value is 0.194. The molecule has 0 aromatic rings. The van der Waals surface area contributed by atoms with Crippen molar-refractivity contribution in [2.45, 2.75) is 86.8 Å². The van der Waals surface area contributed by atoms with E-state index in [9.17, 15) is 0 Å². The van der Waals surface area contributed by atoms with Crippen molar-refractivity contribution >= 4 is 0 Å². The first-order valence-corrected chi connectivity index (χ1v) is 20.1. The number of rotatable bonds is 4. The van der Waals surface area contributed by atoms with Crippen LogP contribution in [-0.2, 0) is 10.2 Å². The quantitative estimate of drug-likeness (QED) is 0.457. The van der Waals surface area contributed by atoms with Crippen LogP contribution in [0.25, 0.3) is 0 Å². The van der Waals surface area contributed by atoms with Crippen molar-refractivity contribution in [3.05, 3.63) is 22.1 Å². The second-order valence-corrected chi connectivity index (χ2v) is 58.7. The molecule has 20 heavy (non-hydrogen) atoms. The van der Waals surface area contributed by atoms with Crippen LogP contribution in [0.15, 0.2) is 22.1 Å². The molecule has 0 bridgehead atoms. The molecule has 0 fully saturated rings. The summed E-state index contributed by atoms with van der Waals surface area (Å²) in [6.07, 6.45) is 8.22. The molecular weight excluding hydrogens is 276 g/mol. The van der Waals surface area contributed by atoms with E-state index in [1.165, 1.54) is 0 Å². The second kappa shape index (κ2) is 2.33. The first kappa shape index (κ1) is 18.2. The van der Waals surface area contributed by atoms with Gasteiger partial charge in [-0.2, -0.15) is 0 Å². The molecular formula is C19H41Ti. The predicted octanol–water partition coefficient (Wildman–Crippen LogP) is 8.39. The zero-order valence-electron chi connectivity index (χ0n) is 16.2. The molecule has 1 aliphatic rings. The van der Waals surface area contributed by atoms with Gasteiger partial charge in [-0.15, -0.1) is 0 Å². The Morgan fingerprint density at radius 2 is 1.10 bits per heavy atom. The van der Waals surface area contributed by atoms with Crippen LogP contribution in [0.4, 0.5) is 0 Å². The van der Waals surface area contributed by atoms with Gasteiger partial charge in [-0.1, -0.05) is 0 Å². The third-order valence-corrected chi connectivity index (χ3v) is 57.8. The molecule has 1 aliphatic carbocycles. The van der Waals surface area contributed by atoms with Crippen molar-refractivity contribution in [3.63, 3.8) is 0 Å². The summed E-state index contributed by atoms with van der Waals surface area (Å²) >= 11 is 0. The summed E-state index contributed by atoms with van der Waals surface area (Å²) in [5.41, 5.74) is 0. The third-order valence-electron chi connectivity index (χ3n) is 14.5. The van der Waals surface area contributed by atoms with Crippen LogP contribution in [0, 0.1) is 0 Å². The van der Waals surface area contributed by atoms with E-state index >= 15 is 0 Å². The average Bonchev–Trinajstić information content (AvgIpc) is 2.70. The summed E-state index contributed by atoms with van der Waals surface area (Å²) in [5, 5.41) is 13.7. The summed E-state index contributed by atoms with van der Waals surface area (Å²) in [5.74, 6) is 0. The van der Waals surface area contributed by atoms with E-state index < -0.39 is 10.2 Å². The fraction of sp³-hybridized carbons (Fsp3) is 0.789. The van der Waals surface area contributed by atoms with E-state index in [4.69, 9.17) is 0 Å². The molecule has 1 heteroatoms. The van der Waals surface area contributed by atoms with Gasteiger partial charge in [-0.25, -0.2) is 0 Å². The van der Waals surface area contributed by atoms with Gasteiger partial charge in [0.2, 0.25) is 0 Å². The molecule has 0 aromatic heterocycles.